The number of hydrogen-bond donors (Lipinski definition) is 3. The minimum atomic E-state index is -0.591. The van der Waals surface area contributed by atoms with Crippen molar-refractivity contribution in [1.29, 1.82) is 0 Å². The number of aromatic amines is 1. The number of aromatic nitrogens is 1. The van der Waals surface area contributed by atoms with Crippen molar-refractivity contribution < 1.29 is 9.90 Å². The first-order valence-corrected chi connectivity index (χ1v) is 8.01. The molecule has 0 fully saturated rings. The number of ketones is 1. The standard InChI is InChI=1S/C19H23N3O3/c1-13-11-17(24)18(19(25)21-13)16(23)8-7-14-5-4-6-15(12-14)20-9-10-22(2)3/h4-8,11-12,20H,9-10H2,1-3H3,(H2,21,24,25)/b8-7+. The normalized spacial score (nSPS) is 11.2. The number of aromatic hydroxyl groups is 1. The Morgan fingerprint density at radius 2 is 2.08 bits per heavy atom. The molecule has 1 heterocycles. The molecule has 3 N–H and O–H groups in total. The molecule has 0 saturated heterocycles. The summed E-state index contributed by atoms with van der Waals surface area (Å²) in [5, 5.41) is 13.1. The van der Waals surface area contributed by atoms with Gasteiger partial charge in [-0.25, -0.2) is 0 Å². The Labute approximate surface area is 146 Å². The number of aryl methyl sites for hydroxylation is 1. The Morgan fingerprint density at radius 3 is 2.76 bits per heavy atom. The lowest BCUT2D eigenvalue weighted by Crippen LogP contribution is -2.20. The van der Waals surface area contributed by atoms with Crippen molar-refractivity contribution in [2.45, 2.75) is 6.92 Å². The van der Waals surface area contributed by atoms with E-state index >= 15 is 0 Å². The highest BCUT2D eigenvalue weighted by Gasteiger charge is 2.13. The van der Waals surface area contributed by atoms with Crippen molar-refractivity contribution in [2.24, 2.45) is 0 Å². The first-order valence-electron chi connectivity index (χ1n) is 8.01. The lowest BCUT2D eigenvalue weighted by atomic mass is 10.1. The molecule has 6 heteroatoms. The molecule has 2 rings (SSSR count). The van der Waals surface area contributed by atoms with Gasteiger partial charge in [-0.15, -0.1) is 0 Å². The van der Waals surface area contributed by atoms with Gasteiger partial charge in [0.25, 0.3) is 5.56 Å². The zero-order chi connectivity index (χ0) is 18.4. The van der Waals surface area contributed by atoms with Crippen molar-refractivity contribution in [3.8, 4) is 5.75 Å². The minimum Gasteiger partial charge on any atom is -0.507 e. The van der Waals surface area contributed by atoms with Gasteiger partial charge in [0, 0.05) is 24.5 Å². The molecule has 0 atom stereocenters. The van der Waals surface area contributed by atoms with E-state index in [4.69, 9.17) is 0 Å². The molecule has 0 amide bonds. The van der Waals surface area contributed by atoms with E-state index in [0.29, 0.717) is 5.69 Å². The Kier molecular flexibility index (Phi) is 6.14. The fourth-order valence-electron chi connectivity index (χ4n) is 2.34. The topological polar surface area (TPSA) is 85.4 Å². The molecule has 6 nitrogen and oxygen atoms in total. The second-order valence-electron chi connectivity index (χ2n) is 6.09. The summed E-state index contributed by atoms with van der Waals surface area (Å²) in [4.78, 5) is 28.7. The van der Waals surface area contributed by atoms with Crippen LogP contribution >= 0.6 is 0 Å². The lowest BCUT2D eigenvalue weighted by Gasteiger charge is -2.11. The average Bonchev–Trinajstić information content (AvgIpc) is 2.52. The average molecular weight is 341 g/mol. The van der Waals surface area contributed by atoms with E-state index in [0.717, 1.165) is 24.3 Å². The third kappa shape index (κ3) is 5.32. The molecule has 25 heavy (non-hydrogen) atoms. The molecule has 0 aliphatic rings. The van der Waals surface area contributed by atoms with E-state index in [2.05, 4.69) is 15.2 Å². The molecule has 1 aromatic carbocycles. The second kappa shape index (κ2) is 8.30. The Hall–Kier alpha value is -2.86. The minimum absolute atomic E-state index is 0.248. The van der Waals surface area contributed by atoms with Crippen molar-refractivity contribution in [3.05, 3.63) is 63.6 Å². The molecule has 0 aliphatic carbocycles. The van der Waals surface area contributed by atoms with Crippen LogP contribution < -0.4 is 10.9 Å². The number of rotatable bonds is 7. The molecule has 0 aliphatic heterocycles. The molecule has 0 unspecified atom stereocenters. The Balaban J connectivity index is 2.11. The highest BCUT2D eigenvalue weighted by atomic mass is 16.3. The largest absolute Gasteiger partial charge is 0.507 e. The third-order valence-corrected chi connectivity index (χ3v) is 3.60. The number of pyridine rings is 1. The molecule has 0 spiro atoms. The van der Waals surface area contributed by atoms with Crippen molar-refractivity contribution in [2.75, 3.05) is 32.5 Å². The van der Waals surface area contributed by atoms with Gasteiger partial charge >= 0.3 is 0 Å². The molecular formula is C19H23N3O3. The van der Waals surface area contributed by atoms with Gasteiger partial charge in [0.1, 0.15) is 11.3 Å². The lowest BCUT2D eigenvalue weighted by molar-refractivity contribution is 0.104. The van der Waals surface area contributed by atoms with E-state index in [1.807, 2.05) is 38.4 Å². The zero-order valence-electron chi connectivity index (χ0n) is 14.7. The van der Waals surface area contributed by atoms with Crippen LogP contribution in [0.5, 0.6) is 5.75 Å². The predicted molar refractivity (Wildman–Crippen MR) is 100 cm³/mol. The van der Waals surface area contributed by atoms with Crippen LogP contribution in [0.1, 0.15) is 21.6 Å². The summed E-state index contributed by atoms with van der Waals surface area (Å²) in [5.41, 5.74) is 1.44. The van der Waals surface area contributed by atoms with Gasteiger partial charge in [-0.3, -0.25) is 9.59 Å². The van der Waals surface area contributed by atoms with Crippen LogP contribution in [0.3, 0.4) is 0 Å². The predicted octanol–water partition coefficient (Wildman–Crippen LogP) is 2.26. The zero-order valence-corrected chi connectivity index (χ0v) is 14.7. The number of H-pyrrole nitrogens is 1. The molecule has 0 bridgehead atoms. The Bertz CT molecular complexity index is 838. The molecule has 0 saturated carbocycles. The summed E-state index contributed by atoms with van der Waals surface area (Å²) >= 11 is 0. The smallest absolute Gasteiger partial charge is 0.263 e. The van der Waals surface area contributed by atoms with E-state index in [-0.39, 0.29) is 11.3 Å². The van der Waals surface area contributed by atoms with Gasteiger partial charge in [-0.1, -0.05) is 18.2 Å². The maximum Gasteiger partial charge on any atom is 0.263 e. The Morgan fingerprint density at radius 1 is 1.32 bits per heavy atom. The summed E-state index contributed by atoms with van der Waals surface area (Å²) in [6, 6.07) is 8.97. The number of carbonyl (C=O) groups excluding carboxylic acids is 1. The van der Waals surface area contributed by atoms with E-state index in [1.54, 1.807) is 13.0 Å². The van der Waals surface area contributed by atoms with Crippen LogP contribution in [0.25, 0.3) is 6.08 Å². The third-order valence-electron chi connectivity index (χ3n) is 3.60. The maximum atomic E-state index is 12.2. The van der Waals surface area contributed by atoms with Gasteiger partial charge in [-0.2, -0.15) is 0 Å². The van der Waals surface area contributed by atoms with Crippen LogP contribution in [-0.4, -0.2) is 48.0 Å². The van der Waals surface area contributed by atoms with Crippen LogP contribution in [0.4, 0.5) is 5.69 Å². The number of hydrogen-bond acceptors (Lipinski definition) is 5. The summed E-state index contributed by atoms with van der Waals surface area (Å²) in [5.74, 6) is -0.847. The van der Waals surface area contributed by atoms with Gasteiger partial charge in [0.15, 0.2) is 5.78 Å². The number of likely N-dealkylation sites (N-methyl/N-ethyl adjacent to an activating group) is 1. The van der Waals surface area contributed by atoms with Gasteiger partial charge < -0.3 is 20.3 Å². The van der Waals surface area contributed by atoms with Crippen LogP contribution in [0.2, 0.25) is 0 Å². The molecule has 2 aromatic rings. The highest BCUT2D eigenvalue weighted by molar-refractivity contribution is 6.08. The van der Waals surface area contributed by atoms with Gasteiger partial charge in [0.2, 0.25) is 0 Å². The number of benzene rings is 1. The monoisotopic (exact) mass is 341 g/mol. The fraction of sp³-hybridized carbons (Fsp3) is 0.263. The van der Waals surface area contributed by atoms with Gasteiger partial charge in [-0.05, 0) is 50.9 Å². The van der Waals surface area contributed by atoms with Crippen LogP contribution in [0, 0.1) is 6.92 Å². The number of nitrogens with zero attached hydrogens (tertiary/aromatic N) is 1. The second-order valence-corrected chi connectivity index (χ2v) is 6.09. The number of carbonyl (C=O) groups is 1. The van der Waals surface area contributed by atoms with Crippen molar-refractivity contribution in [3.63, 3.8) is 0 Å². The van der Waals surface area contributed by atoms with E-state index in [1.165, 1.54) is 12.1 Å². The molecule has 1 aromatic heterocycles. The summed E-state index contributed by atoms with van der Waals surface area (Å²) in [7, 11) is 4.02. The van der Waals surface area contributed by atoms with Crippen molar-refractivity contribution in [1.82, 2.24) is 9.88 Å². The number of anilines is 1. The van der Waals surface area contributed by atoms with E-state index in [9.17, 15) is 14.7 Å². The van der Waals surface area contributed by atoms with Gasteiger partial charge in [0.05, 0.1) is 0 Å². The number of allylic oxidation sites excluding steroid dienone is 1. The first kappa shape index (κ1) is 18.5. The van der Waals surface area contributed by atoms with E-state index < -0.39 is 11.3 Å². The van der Waals surface area contributed by atoms with Crippen LogP contribution in [0.15, 0.2) is 41.2 Å². The first-order chi connectivity index (χ1) is 11.9. The number of nitrogens with one attached hydrogen (secondary N) is 2. The molecule has 0 radical (unpaired) electrons. The fourth-order valence-corrected chi connectivity index (χ4v) is 2.34. The summed E-state index contributed by atoms with van der Waals surface area (Å²) in [6.07, 6.45) is 2.91. The molecular weight excluding hydrogens is 318 g/mol. The summed E-state index contributed by atoms with van der Waals surface area (Å²) < 4.78 is 0. The van der Waals surface area contributed by atoms with Crippen LogP contribution in [-0.2, 0) is 0 Å². The molecule has 132 valence electrons. The maximum absolute atomic E-state index is 12.2. The SMILES string of the molecule is Cc1cc(O)c(C(=O)/C=C/c2cccc(NCCN(C)C)c2)c(=O)[nH]1. The quantitative estimate of drug-likeness (QED) is 0.531. The highest BCUT2D eigenvalue weighted by Crippen LogP contribution is 2.16. The van der Waals surface area contributed by atoms with Crippen molar-refractivity contribution >= 4 is 17.5 Å². The summed E-state index contributed by atoms with van der Waals surface area (Å²) in [6.45, 7) is 3.36.